The summed E-state index contributed by atoms with van der Waals surface area (Å²) in [6.45, 7) is 3.89. The Labute approximate surface area is 196 Å². The van der Waals surface area contributed by atoms with Crippen LogP contribution in [0.15, 0.2) is 84.9 Å². The van der Waals surface area contributed by atoms with Crippen LogP contribution in [0.2, 0.25) is 0 Å². The number of ether oxygens (including phenoxy) is 1. The minimum Gasteiger partial charge on any atom is -0.491 e. The second-order valence-corrected chi connectivity index (χ2v) is 8.53. The number of thiazole rings is 1. The molecule has 0 bridgehead atoms. The Balaban J connectivity index is 1.57. The van der Waals surface area contributed by atoms with Crippen molar-refractivity contribution in [2.75, 3.05) is 10.6 Å². The number of carbonyl (C=O) groups is 2. The van der Waals surface area contributed by atoms with Crippen LogP contribution in [0.5, 0.6) is 5.75 Å². The lowest BCUT2D eigenvalue weighted by Gasteiger charge is -2.09. The number of nitrogens with zero attached hydrogens (tertiary/aromatic N) is 1. The van der Waals surface area contributed by atoms with Gasteiger partial charge in [0.25, 0.3) is 11.8 Å². The third-order valence-electron chi connectivity index (χ3n) is 4.65. The summed E-state index contributed by atoms with van der Waals surface area (Å²) in [4.78, 5) is 30.1. The third kappa shape index (κ3) is 5.64. The molecule has 0 radical (unpaired) electrons. The minimum absolute atomic E-state index is 0.0564. The summed E-state index contributed by atoms with van der Waals surface area (Å²) in [5.74, 6) is 0.170. The second kappa shape index (κ2) is 10.1. The van der Waals surface area contributed by atoms with E-state index >= 15 is 0 Å². The fourth-order valence-electron chi connectivity index (χ4n) is 3.14. The molecule has 6 nitrogen and oxygen atoms in total. The lowest BCUT2D eigenvalue weighted by molar-refractivity contribution is 0.101. The van der Waals surface area contributed by atoms with Gasteiger partial charge in [-0.3, -0.25) is 14.9 Å². The maximum absolute atomic E-state index is 12.8. The van der Waals surface area contributed by atoms with Crippen molar-refractivity contribution in [1.29, 1.82) is 0 Å². The Hall–Kier alpha value is -3.97. The molecule has 33 heavy (non-hydrogen) atoms. The first-order valence-corrected chi connectivity index (χ1v) is 11.3. The van der Waals surface area contributed by atoms with Crippen LogP contribution in [0.25, 0.3) is 11.3 Å². The van der Waals surface area contributed by atoms with E-state index in [-0.39, 0.29) is 17.9 Å². The van der Waals surface area contributed by atoms with Gasteiger partial charge in [0.05, 0.1) is 6.10 Å². The largest absolute Gasteiger partial charge is 0.491 e. The Kier molecular flexibility index (Phi) is 6.80. The third-order valence-corrected chi connectivity index (χ3v) is 5.53. The van der Waals surface area contributed by atoms with Gasteiger partial charge in [-0.05, 0) is 50.2 Å². The van der Waals surface area contributed by atoms with Gasteiger partial charge in [-0.15, -0.1) is 0 Å². The van der Waals surface area contributed by atoms with E-state index in [0.717, 1.165) is 5.56 Å². The lowest BCUT2D eigenvalue weighted by atomic mass is 10.1. The second-order valence-electron chi connectivity index (χ2n) is 7.53. The van der Waals surface area contributed by atoms with Crippen LogP contribution in [0, 0.1) is 0 Å². The zero-order valence-electron chi connectivity index (χ0n) is 18.2. The molecule has 4 aromatic rings. The van der Waals surface area contributed by atoms with Crippen molar-refractivity contribution < 1.29 is 14.3 Å². The highest BCUT2D eigenvalue weighted by atomic mass is 32.1. The predicted molar refractivity (Wildman–Crippen MR) is 132 cm³/mol. The van der Waals surface area contributed by atoms with E-state index in [1.807, 2.05) is 62.4 Å². The summed E-state index contributed by atoms with van der Waals surface area (Å²) in [6.07, 6.45) is 0.0564. The zero-order chi connectivity index (χ0) is 23.2. The van der Waals surface area contributed by atoms with E-state index in [2.05, 4.69) is 15.6 Å². The van der Waals surface area contributed by atoms with Crippen LogP contribution >= 0.6 is 11.3 Å². The molecule has 0 saturated carbocycles. The van der Waals surface area contributed by atoms with Crippen LogP contribution in [-0.2, 0) is 0 Å². The van der Waals surface area contributed by atoms with E-state index in [9.17, 15) is 9.59 Å². The molecular weight excluding hydrogens is 434 g/mol. The summed E-state index contributed by atoms with van der Waals surface area (Å²) >= 11 is 1.21. The van der Waals surface area contributed by atoms with Crippen LogP contribution in [-0.4, -0.2) is 22.9 Å². The number of carbonyl (C=O) groups excluding carboxylic acids is 2. The summed E-state index contributed by atoms with van der Waals surface area (Å²) in [5, 5.41) is 6.73. The smallest absolute Gasteiger partial charge is 0.257 e. The van der Waals surface area contributed by atoms with E-state index in [1.165, 1.54) is 11.3 Å². The van der Waals surface area contributed by atoms with Gasteiger partial charge >= 0.3 is 0 Å². The average molecular weight is 458 g/mol. The first-order valence-electron chi connectivity index (χ1n) is 10.5. The first kappa shape index (κ1) is 22.2. The molecule has 1 aromatic heterocycles. The first-order chi connectivity index (χ1) is 16.0. The van der Waals surface area contributed by atoms with Crippen LogP contribution in [0.4, 0.5) is 10.1 Å². The SMILES string of the molecule is CC(C)Oc1ccc(C(=O)Nc2nc(-c3ccccc3)c(NC(=O)c3ccccc3)s2)cc1. The highest BCUT2D eigenvalue weighted by Crippen LogP contribution is 2.36. The van der Waals surface area contributed by atoms with Crippen LogP contribution < -0.4 is 15.4 Å². The van der Waals surface area contributed by atoms with Gasteiger partial charge in [0.15, 0.2) is 5.13 Å². The fourth-order valence-corrected chi connectivity index (χ4v) is 4.02. The molecule has 0 aliphatic rings. The van der Waals surface area contributed by atoms with Crippen molar-refractivity contribution in [3.8, 4) is 17.0 Å². The van der Waals surface area contributed by atoms with Crippen molar-refractivity contribution in [1.82, 2.24) is 4.98 Å². The highest BCUT2D eigenvalue weighted by molar-refractivity contribution is 7.20. The van der Waals surface area contributed by atoms with E-state index in [4.69, 9.17) is 4.74 Å². The van der Waals surface area contributed by atoms with E-state index < -0.39 is 0 Å². The molecule has 0 fully saturated rings. The summed E-state index contributed by atoms with van der Waals surface area (Å²) < 4.78 is 5.63. The number of hydrogen-bond donors (Lipinski definition) is 2. The normalized spacial score (nSPS) is 10.6. The molecule has 7 heteroatoms. The number of anilines is 2. The molecular formula is C26H23N3O3S. The molecule has 4 rings (SSSR count). The molecule has 0 atom stereocenters. The van der Waals surface area contributed by atoms with Crippen molar-refractivity contribution in [3.05, 3.63) is 96.1 Å². The molecule has 166 valence electrons. The molecule has 3 aromatic carbocycles. The van der Waals surface area contributed by atoms with Gasteiger partial charge in [0.1, 0.15) is 16.4 Å². The average Bonchev–Trinajstić information content (AvgIpc) is 3.22. The van der Waals surface area contributed by atoms with Crippen LogP contribution in [0.1, 0.15) is 34.6 Å². The van der Waals surface area contributed by atoms with Gasteiger partial charge in [-0.1, -0.05) is 59.9 Å². The Morgan fingerprint density at radius 1 is 0.788 bits per heavy atom. The molecule has 2 amide bonds. The number of amides is 2. The quantitative estimate of drug-likeness (QED) is 0.351. The maximum Gasteiger partial charge on any atom is 0.257 e. The Bertz CT molecular complexity index is 1240. The molecule has 0 unspecified atom stereocenters. The number of rotatable bonds is 7. The minimum atomic E-state index is -0.291. The predicted octanol–water partition coefficient (Wildman–Crippen LogP) is 6.10. The summed E-state index contributed by atoms with van der Waals surface area (Å²) in [7, 11) is 0. The molecule has 2 N–H and O–H groups in total. The van der Waals surface area contributed by atoms with Gasteiger partial charge in [-0.2, -0.15) is 0 Å². The van der Waals surface area contributed by atoms with Crippen LogP contribution in [0.3, 0.4) is 0 Å². The molecule has 0 saturated heterocycles. The number of aromatic nitrogens is 1. The molecule has 0 aliphatic heterocycles. The van der Waals surface area contributed by atoms with Gasteiger partial charge < -0.3 is 10.1 Å². The summed E-state index contributed by atoms with van der Waals surface area (Å²) in [5.41, 5.74) is 2.46. The van der Waals surface area contributed by atoms with E-state index in [1.54, 1.807) is 36.4 Å². The Morgan fingerprint density at radius 3 is 2.00 bits per heavy atom. The number of hydrogen-bond acceptors (Lipinski definition) is 5. The monoisotopic (exact) mass is 457 g/mol. The number of benzene rings is 3. The van der Waals surface area contributed by atoms with Gasteiger partial charge in [0, 0.05) is 16.7 Å². The van der Waals surface area contributed by atoms with E-state index in [0.29, 0.717) is 32.7 Å². The van der Waals surface area contributed by atoms with Crippen molar-refractivity contribution in [3.63, 3.8) is 0 Å². The standard InChI is InChI=1S/C26H23N3O3S/c1-17(2)32-21-15-13-20(14-16-21)24(31)29-26-27-22(18-9-5-3-6-10-18)25(33-26)28-23(30)19-11-7-4-8-12-19/h3-17H,1-2H3,(H,28,30)(H,27,29,31). The van der Waals surface area contributed by atoms with Gasteiger partial charge in [-0.25, -0.2) is 4.98 Å². The van der Waals surface area contributed by atoms with Gasteiger partial charge in [0.2, 0.25) is 0 Å². The maximum atomic E-state index is 12.8. The fraction of sp³-hybridized carbons (Fsp3) is 0.115. The summed E-state index contributed by atoms with van der Waals surface area (Å²) in [6, 6.07) is 25.4. The lowest BCUT2D eigenvalue weighted by Crippen LogP contribution is -2.12. The number of nitrogens with one attached hydrogen (secondary N) is 2. The molecule has 0 spiro atoms. The molecule has 1 heterocycles. The van der Waals surface area contributed by atoms with Crippen molar-refractivity contribution in [2.24, 2.45) is 0 Å². The van der Waals surface area contributed by atoms with Crippen molar-refractivity contribution in [2.45, 2.75) is 20.0 Å². The Morgan fingerprint density at radius 2 is 1.36 bits per heavy atom. The molecule has 0 aliphatic carbocycles. The zero-order valence-corrected chi connectivity index (χ0v) is 19.1. The highest BCUT2D eigenvalue weighted by Gasteiger charge is 2.18. The topological polar surface area (TPSA) is 80.3 Å². The van der Waals surface area contributed by atoms with Crippen molar-refractivity contribution >= 4 is 33.3 Å².